The van der Waals surface area contributed by atoms with Crippen molar-refractivity contribution in [2.24, 2.45) is 22.7 Å². The first-order chi connectivity index (χ1) is 13.1. The summed E-state index contributed by atoms with van der Waals surface area (Å²) in [6, 6.07) is -0.180. The fraction of sp³-hybridized carbons (Fsp3) is 0.857. The van der Waals surface area contributed by atoms with Crippen LogP contribution in [-0.4, -0.2) is 57.4 Å². The molecule has 3 aliphatic rings. The topological polar surface area (TPSA) is 72.9 Å². The Morgan fingerprint density at radius 3 is 2.61 bits per heavy atom. The molecule has 0 aromatic rings. The molecule has 2 aliphatic carbocycles. The SMILES string of the molecule is COC/C=C/CC[C@@H](OC)[C@@H](C)C(=O)N1[C@H]2CC3CC[C@@]2(CS1(=O)=O)C3(C)C. The molecule has 0 aromatic carbocycles. The number of carbonyl (C=O) groups excluding carboxylic acids is 1. The second-order valence-electron chi connectivity index (χ2n) is 9.32. The van der Waals surface area contributed by atoms with Crippen LogP contribution in [0.25, 0.3) is 0 Å². The molecule has 7 heteroatoms. The van der Waals surface area contributed by atoms with Gasteiger partial charge in [-0.1, -0.05) is 32.9 Å². The van der Waals surface area contributed by atoms with Crippen molar-refractivity contribution in [3.63, 3.8) is 0 Å². The summed E-state index contributed by atoms with van der Waals surface area (Å²) < 4.78 is 38.0. The van der Waals surface area contributed by atoms with Crippen LogP contribution in [0.4, 0.5) is 0 Å². The van der Waals surface area contributed by atoms with Crippen LogP contribution in [0.5, 0.6) is 0 Å². The largest absolute Gasteiger partial charge is 0.381 e. The van der Waals surface area contributed by atoms with Crippen LogP contribution < -0.4 is 0 Å². The predicted molar refractivity (Wildman–Crippen MR) is 108 cm³/mol. The average molecular weight is 414 g/mol. The lowest BCUT2D eigenvalue weighted by Crippen LogP contribution is -2.48. The molecular weight excluding hydrogens is 378 g/mol. The molecule has 160 valence electrons. The highest BCUT2D eigenvalue weighted by Gasteiger charge is 2.72. The number of ether oxygens (including phenoxy) is 2. The van der Waals surface area contributed by atoms with Gasteiger partial charge in [0.25, 0.3) is 0 Å². The molecule has 1 heterocycles. The molecule has 3 fully saturated rings. The number of sulfonamides is 1. The number of methoxy groups -OCH3 is 2. The molecule has 1 amide bonds. The third kappa shape index (κ3) is 3.23. The Morgan fingerprint density at radius 2 is 2.00 bits per heavy atom. The number of carbonyl (C=O) groups is 1. The Kier molecular flexibility index (Phi) is 6.01. The molecular formula is C21H35NO5S. The summed E-state index contributed by atoms with van der Waals surface area (Å²) in [7, 11) is -0.349. The van der Waals surface area contributed by atoms with Gasteiger partial charge in [0, 0.05) is 19.6 Å². The number of hydrogen-bond donors (Lipinski definition) is 0. The van der Waals surface area contributed by atoms with Gasteiger partial charge < -0.3 is 9.47 Å². The van der Waals surface area contributed by atoms with E-state index in [-0.39, 0.29) is 34.6 Å². The molecule has 28 heavy (non-hydrogen) atoms. The minimum absolute atomic E-state index is 0.0319. The summed E-state index contributed by atoms with van der Waals surface area (Å²) in [5, 5.41) is 0. The fourth-order valence-corrected chi connectivity index (χ4v) is 8.67. The smallest absolute Gasteiger partial charge is 0.241 e. The number of hydrogen-bond acceptors (Lipinski definition) is 5. The standard InChI is InChI=1S/C21H35NO5S/c1-15(17(27-5)9-7-6-8-12-26-4)19(23)22-18-13-16-10-11-21(18,20(16,2)3)14-28(22,24)25/h6,8,15-18H,7,9-14H2,1-5H3/b8-6+/t15-,16?,17-,18+,21+/m1/s1. The second kappa shape index (κ2) is 7.73. The van der Waals surface area contributed by atoms with E-state index in [1.54, 1.807) is 21.1 Å². The van der Waals surface area contributed by atoms with Crippen LogP contribution >= 0.6 is 0 Å². The lowest BCUT2D eigenvalue weighted by atomic mass is 9.69. The first-order valence-electron chi connectivity index (χ1n) is 10.3. The van der Waals surface area contributed by atoms with Crippen LogP contribution in [0, 0.1) is 22.7 Å². The zero-order chi connectivity index (χ0) is 20.7. The quantitative estimate of drug-likeness (QED) is 0.572. The van der Waals surface area contributed by atoms with Gasteiger partial charge in [-0.15, -0.1) is 0 Å². The average Bonchev–Trinajstić information content (AvgIpc) is 3.11. The van der Waals surface area contributed by atoms with Gasteiger partial charge in [-0.25, -0.2) is 12.7 Å². The van der Waals surface area contributed by atoms with Crippen LogP contribution in [0.3, 0.4) is 0 Å². The first-order valence-corrected chi connectivity index (χ1v) is 12.0. The molecule has 2 saturated carbocycles. The lowest BCUT2D eigenvalue weighted by molar-refractivity contribution is -0.137. The predicted octanol–water partition coefficient (Wildman–Crippen LogP) is 2.99. The maximum atomic E-state index is 13.4. The Labute approximate surface area is 169 Å². The van der Waals surface area contributed by atoms with E-state index in [0.29, 0.717) is 18.9 Å². The van der Waals surface area contributed by atoms with E-state index >= 15 is 0 Å². The summed E-state index contributed by atoms with van der Waals surface area (Å²) in [6.07, 6.45) is 7.85. The van der Waals surface area contributed by atoms with E-state index in [0.717, 1.165) is 25.7 Å². The van der Waals surface area contributed by atoms with E-state index in [1.807, 2.05) is 12.2 Å². The zero-order valence-corrected chi connectivity index (χ0v) is 18.6. The number of rotatable bonds is 8. The summed E-state index contributed by atoms with van der Waals surface area (Å²) >= 11 is 0. The van der Waals surface area contributed by atoms with Gasteiger partial charge in [0.05, 0.1) is 30.4 Å². The maximum absolute atomic E-state index is 13.4. The van der Waals surface area contributed by atoms with Crippen molar-refractivity contribution in [3.8, 4) is 0 Å². The molecule has 2 bridgehead atoms. The maximum Gasteiger partial charge on any atom is 0.241 e. The Morgan fingerprint density at radius 1 is 1.29 bits per heavy atom. The van der Waals surface area contributed by atoms with Crippen molar-refractivity contribution in [3.05, 3.63) is 12.2 Å². The Bertz CT molecular complexity index is 731. The number of nitrogens with zero attached hydrogens (tertiary/aromatic N) is 1. The molecule has 1 aliphatic heterocycles. The van der Waals surface area contributed by atoms with E-state index < -0.39 is 15.9 Å². The molecule has 5 atom stereocenters. The van der Waals surface area contributed by atoms with Crippen LogP contribution in [-0.2, 0) is 24.3 Å². The fourth-order valence-electron chi connectivity index (χ4n) is 6.05. The number of fused-ring (bicyclic) bond motifs is 1. The normalized spacial score (nSPS) is 34.7. The summed E-state index contributed by atoms with van der Waals surface area (Å²) in [5.41, 5.74) is -0.312. The monoisotopic (exact) mass is 413 g/mol. The molecule has 3 rings (SSSR count). The molecule has 0 N–H and O–H groups in total. The van der Waals surface area contributed by atoms with E-state index in [1.165, 1.54) is 4.31 Å². The van der Waals surface area contributed by atoms with Crippen molar-refractivity contribution < 1.29 is 22.7 Å². The first kappa shape index (κ1) is 21.8. The number of amides is 1. The number of allylic oxidation sites excluding steroid dienone is 1. The highest BCUT2D eigenvalue weighted by atomic mass is 32.2. The van der Waals surface area contributed by atoms with Crippen molar-refractivity contribution in [1.82, 2.24) is 4.31 Å². The van der Waals surface area contributed by atoms with Gasteiger partial charge in [-0.2, -0.15) is 0 Å². The minimum atomic E-state index is -3.58. The Hall–Kier alpha value is -0.920. The zero-order valence-electron chi connectivity index (χ0n) is 17.8. The van der Waals surface area contributed by atoms with E-state index in [4.69, 9.17) is 9.47 Å². The molecule has 1 saturated heterocycles. The van der Waals surface area contributed by atoms with Gasteiger partial charge in [-0.3, -0.25) is 4.79 Å². The third-order valence-corrected chi connectivity index (χ3v) is 9.84. The van der Waals surface area contributed by atoms with Crippen LogP contribution in [0.1, 0.15) is 52.9 Å². The highest BCUT2D eigenvalue weighted by Crippen LogP contribution is 2.70. The van der Waals surface area contributed by atoms with Crippen LogP contribution in [0.2, 0.25) is 0 Å². The van der Waals surface area contributed by atoms with Crippen molar-refractivity contribution in [2.75, 3.05) is 26.6 Å². The van der Waals surface area contributed by atoms with Crippen molar-refractivity contribution in [1.29, 1.82) is 0 Å². The lowest BCUT2D eigenvalue weighted by Gasteiger charge is -2.37. The summed E-state index contributed by atoms with van der Waals surface area (Å²) in [4.78, 5) is 13.4. The Balaban J connectivity index is 1.76. The van der Waals surface area contributed by atoms with Gasteiger partial charge in [0.1, 0.15) is 0 Å². The molecule has 0 radical (unpaired) electrons. The summed E-state index contributed by atoms with van der Waals surface area (Å²) in [6.45, 7) is 6.75. The van der Waals surface area contributed by atoms with Gasteiger partial charge >= 0.3 is 0 Å². The third-order valence-electron chi connectivity index (χ3n) is 7.93. The van der Waals surface area contributed by atoms with Crippen molar-refractivity contribution in [2.45, 2.75) is 65.0 Å². The van der Waals surface area contributed by atoms with Crippen LogP contribution in [0.15, 0.2) is 12.2 Å². The molecule has 1 unspecified atom stereocenters. The van der Waals surface area contributed by atoms with Crippen molar-refractivity contribution >= 4 is 15.9 Å². The van der Waals surface area contributed by atoms with Gasteiger partial charge in [-0.05, 0) is 43.4 Å². The molecule has 6 nitrogen and oxygen atoms in total. The minimum Gasteiger partial charge on any atom is -0.381 e. The van der Waals surface area contributed by atoms with E-state index in [2.05, 4.69) is 13.8 Å². The van der Waals surface area contributed by atoms with Gasteiger partial charge in [0.2, 0.25) is 15.9 Å². The summed E-state index contributed by atoms with van der Waals surface area (Å²) in [5.74, 6) is -0.169. The van der Waals surface area contributed by atoms with E-state index in [9.17, 15) is 13.2 Å². The highest BCUT2D eigenvalue weighted by molar-refractivity contribution is 7.90. The molecule has 1 spiro atoms. The van der Waals surface area contributed by atoms with Gasteiger partial charge in [0.15, 0.2) is 0 Å². The second-order valence-corrected chi connectivity index (χ2v) is 11.2. The molecule has 0 aromatic heterocycles.